The number of nitrogens with one attached hydrogen (secondary N) is 1. The maximum absolute atomic E-state index is 13.7. The molecule has 2 aromatic heterocycles. The fourth-order valence-electron chi connectivity index (χ4n) is 4.80. The Morgan fingerprint density at radius 1 is 1.31 bits per heavy atom. The van der Waals surface area contributed by atoms with Crippen molar-refractivity contribution in [2.75, 3.05) is 6.54 Å². The van der Waals surface area contributed by atoms with Crippen LogP contribution >= 0.6 is 0 Å². The van der Waals surface area contributed by atoms with Crippen LogP contribution in [0.25, 0.3) is 22.0 Å². The third-order valence-corrected chi connectivity index (χ3v) is 6.86. The molecule has 1 amide bonds. The number of alkyl halides is 2. The summed E-state index contributed by atoms with van der Waals surface area (Å²) in [6, 6.07) is 3.65. The molecule has 0 radical (unpaired) electrons. The topological polar surface area (TPSA) is 74.0 Å². The molecule has 7 nitrogen and oxygen atoms in total. The smallest absolute Gasteiger partial charge is 0.250 e. The summed E-state index contributed by atoms with van der Waals surface area (Å²) in [4.78, 5) is 11.6. The summed E-state index contributed by atoms with van der Waals surface area (Å²) in [5.74, 6) is -1.76. The van der Waals surface area contributed by atoms with Gasteiger partial charge >= 0.3 is 0 Å². The van der Waals surface area contributed by atoms with E-state index in [1.807, 2.05) is 43.9 Å². The van der Waals surface area contributed by atoms with Gasteiger partial charge in [-0.2, -0.15) is 10.2 Å². The molecule has 1 saturated heterocycles. The maximum atomic E-state index is 13.7. The van der Waals surface area contributed by atoms with E-state index in [9.17, 15) is 13.6 Å². The van der Waals surface area contributed by atoms with Crippen LogP contribution in [0.15, 0.2) is 24.5 Å². The highest BCUT2D eigenvalue weighted by atomic mass is 19.3. The lowest BCUT2D eigenvalue weighted by atomic mass is 10.0. The summed E-state index contributed by atoms with van der Waals surface area (Å²) < 4.78 is 37.2. The van der Waals surface area contributed by atoms with E-state index in [-0.39, 0.29) is 36.8 Å². The molecule has 32 heavy (non-hydrogen) atoms. The van der Waals surface area contributed by atoms with Crippen LogP contribution in [0.3, 0.4) is 0 Å². The fraction of sp³-hybridized carbons (Fsp3) is 0.522. The number of fused-ring (bicyclic) bond motifs is 1. The van der Waals surface area contributed by atoms with Gasteiger partial charge in [-0.25, -0.2) is 8.78 Å². The Labute approximate surface area is 184 Å². The average molecular weight is 443 g/mol. The van der Waals surface area contributed by atoms with Crippen molar-refractivity contribution in [1.29, 1.82) is 0 Å². The summed E-state index contributed by atoms with van der Waals surface area (Å²) in [5, 5.41) is 12.8. The van der Waals surface area contributed by atoms with Gasteiger partial charge in [0.05, 0.1) is 23.1 Å². The molecule has 0 bridgehead atoms. The van der Waals surface area contributed by atoms with E-state index < -0.39 is 5.92 Å². The van der Waals surface area contributed by atoms with Gasteiger partial charge in [-0.15, -0.1) is 0 Å². The summed E-state index contributed by atoms with van der Waals surface area (Å²) in [6.07, 6.45) is 3.99. The third-order valence-electron chi connectivity index (χ3n) is 6.86. The standard InChI is InChI=1S/C23H27F2N5O2/c1-13-22-19(28-29(13)3)6-15(7-20(22)32-14(2)16-8-21(31)26-10-16)17-11-27-30(12-17)18-4-5-23(24,25)9-18/h6-7,11-12,14,16,18H,4-5,8-10H2,1-3H3,(H,26,31)/t14-,16+,18?/m1/s1. The summed E-state index contributed by atoms with van der Waals surface area (Å²) in [5.41, 5.74) is 3.48. The van der Waals surface area contributed by atoms with Crippen LogP contribution in [0.1, 0.15) is 44.3 Å². The molecule has 170 valence electrons. The first-order chi connectivity index (χ1) is 15.2. The number of carbonyl (C=O) groups excluding carboxylic acids is 1. The zero-order valence-electron chi connectivity index (χ0n) is 18.4. The van der Waals surface area contributed by atoms with Gasteiger partial charge in [0.15, 0.2) is 0 Å². The normalized spacial score (nSPS) is 23.6. The van der Waals surface area contributed by atoms with Gasteiger partial charge in [0.25, 0.3) is 0 Å². The number of hydrogen-bond acceptors (Lipinski definition) is 4. The van der Waals surface area contributed by atoms with Crippen LogP contribution in [-0.2, 0) is 11.8 Å². The number of aryl methyl sites for hydroxylation is 2. The summed E-state index contributed by atoms with van der Waals surface area (Å²) >= 11 is 0. The molecule has 3 atom stereocenters. The molecule has 1 aliphatic carbocycles. The number of carbonyl (C=O) groups is 1. The van der Waals surface area contributed by atoms with Crippen molar-refractivity contribution in [1.82, 2.24) is 24.9 Å². The maximum Gasteiger partial charge on any atom is 0.250 e. The largest absolute Gasteiger partial charge is 0.490 e. The molecule has 1 N–H and O–H groups in total. The number of benzene rings is 1. The predicted molar refractivity (Wildman–Crippen MR) is 116 cm³/mol. The SMILES string of the molecule is Cc1c2c(O[C@H](C)[C@@H]3CNC(=O)C3)cc(-c3cnn(C4CCC(F)(F)C4)c3)cc2nn1C. The highest BCUT2D eigenvalue weighted by molar-refractivity contribution is 5.92. The molecule has 1 unspecified atom stereocenters. The van der Waals surface area contributed by atoms with Crippen molar-refractivity contribution in [3.8, 4) is 16.9 Å². The van der Waals surface area contributed by atoms with Crippen molar-refractivity contribution in [2.24, 2.45) is 13.0 Å². The Bertz CT molecular complexity index is 1180. The molecule has 9 heteroatoms. The van der Waals surface area contributed by atoms with E-state index in [0.717, 1.165) is 27.7 Å². The molecule has 5 rings (SSSR count). The monoisotopic (exact) mass is 443 g/mol. The van der Waals surface area contributed by atoms with Crippen molar-refractivity contribution in [3.63, 3.8) is 0 Å². The molecule has 2 aliphatic rings. The lowest BCUT2D eigenvalue weighted by molar-refractivity contribution is -0.119. The number of halogens is 2. The van der Waals surface area contributed by atoms with Crippen molar-refractivity contribution >= 4 is 16.8 Å². The van der Waals surface area contributed by atoms with Crippen LogP contribution in [-0.4, -0.2) is 44.0 Å². The van der Waals surface area contributed by atoms with E-state index >= 15 is 0 Å². The number of aromatic nitrogens is 4. The summed E-state index contributed by atoms with van der Waals surface area (Å²) in [7, 11) is 1.89. The highest BCUT2D eigenvalue weighted by Crippen LogP contribution is 2.42. The minimum Gasteiger partial charge on any atom is -0.490 e. The zero-order chi connectivity index (χ0) is 22.6. The van der Waals surface area contributed by atoms with Crippen LogP contribution in [0.5, 0.6) is 5.75 Å². The number of rotatable bonds is 5. The minimum atomic E-state index is -2.62. The van der Waals surface area contributed by atoms with E-state index in [1.165, 1.54) is 0 Å². The molecule has 3 aromatic rings. The molecular weight excluding hydrogens is 416 g/mol. The second kappa shape index (κ2) is 7.56. The van der Waals surface area contributed by atoms with E-state index in [0.29, 0.717) is 25.1 Å². The Hall–Kier alpha value is -2.97. The van der Waals surface area contributed by atoms with Gasteiger partial charge in [0.2, 0.25) is 11.8 Å². The molecule has 1 saturated carbocycles. The first-order valence-corrected chi connectivity index (χ1v) is 11.0. The lowest BCUT2D eigenvalue weighted by Crippen LogP contribution is -2.25. The Balaban J connectivity index is 1.49. The van der Waals surface area contributed by atoms with Gasteiger partial charge < -0.3 is 10.1 Å². The van der Waals surface area contributed by atoms with Crippen molar-refractivity contribution in [2.45, 2.75) is 57.6 Å². The molecule has 1 aliphatic heterocycles. The molecule has 2 fully saturated rings. The number of nitrogens with zero attached hydrogens (tertiary/aromatic N) is 4. The Morgan fingerprint density at radius 3 is 2.81 bits per heavy atom. The zero-order valence-corrected chi connectivity index (χ0v) is 18.4. The van der Waals surface area contributed by atoms with Gasteiger partial charge in [-0.1, -0.05) is 0 Å². The van der Waals surface area contributed by atoms with E-state index in [4.69, 9.17) is 4.74 Å². The minimum absolute atomic E-state index is 0.0480. The van der Waals surface area contributed by atoms with E-state index in [1.54, 1.807) is 10.9 Å². The van der Waals surface area contributed by atoms with Gasteiger partial charge in [-0.3, -0.25) is 14.2 Å². The molecule has 3 heterocycles. The van der Waals surface area contributed by atoms with Crippen LogP contribution in [0.4, 0.5) is 8.78 Å². The first-order valence-electron chi connectivity index (χ1n) is 11.0. The van der Waals surface area contributed by atoms with Crippen molar-refractivity contribution in [3.05, 3.63) is 30.2 Å². The second-order valence-electron chi connectivity index (χ2n) is 9.13. The molecular formula is C23H27F2N5O2. The number of hydrogen-bond donors (Lipinski definition) is 1. The van der Waals surface area contributed by atoms with Gasteiger partial charge in [0.1, 0.15) is 11.9 Å². The number of amides is 1. The lowest BCUT2D eigenvalue weighted by Gasteiger charge is -2.20. The quantitative estimate of drug-likeness (QED) is 0.647. The molecule has 1 aromatic carbocycles. The van der Waals surface area contributed by atoms with Crippen LogP contribution in [0, 0.1) is 12.8 Å². The first kappa shape index (κ1) is 20.9. The predicted octanol–water partition coefficient (Wildman–Crippen LogP) is 4.01. The van der Waals surface area contributed by atoms with Crippen LogP contribution < -0.4 is 10.1 Å². The third kappa shape index (κ3) is 3.73. The Morgan fingerprint density at radius 2 is 2.12 bits per heavy atom. The summed E-state index contributed by atoms with van der Waals surface area (Å²) in [6.45, 7) is 4.58. The number of ether oxygens (including phenoxy) is 1. The van der Waals surface area contributed by atoms with Crippen LogP contribution in [0.2, 0.25) is 0 Å². The van der Waals surface area contributed by atoms with Gasteiger partial charge in [-0.05, 0) is 38.0 Å². The van der Waals surface area contributed by atoms with Gasteiger partial charge in [0, 0.05) is 56.2 Å². The van der Waals surface area contributed by atoms with Crippen molar-refractivity contribution < 1.29 is 18.3 Å². The highest BCUT2D eigenvalue weighted by Gasteiger charge is 2.40. The average Bonchev–Trinajstić information content (AvgIpc) is 3.50. The molecule has 0 spiro atoms. The van der Waals surface area contributed by atoms with E-state index in [2.05, 4.69) is 15.5 Å². The second-order valence-corrected chi connectivity index (χ2v) is 9.13. The fourth-order valence-corrected chi connectivity index (χ4v) is 4.80. The Kier molecular flexibility index (Phi) is 4.94.